The van der Waals surface area contributed by atoms with E-state index < -0.39 is 5.97 Å². The van der Waals surface area contributed by atoms with E-state index in [1.54, 1.807) is 29.8 Å². The summed E-state index contributed by atoms with van der Waals surface area (Å²) in [7, 11) is 0. The minimum atomic E-state index is -0.917. The van der Waals surface area contributed by atoms with Crippen molar-refractivity contribution in [2.45, 2.75) is 25.8 Å². The molecule has 5 nitrogen and oxygen atoms in total. The number of carboxylic acid groups (broad SMARTS) is 1. The minimum Gasteiger partial charge on any atom is -0.478 e. The smallest absolute Gasteiger partial charge is 0.335 e. The molecular formula is C19H17N3O2S. The number of aryl methyl sites for hydroxylation is 1. The van der Waals surface area contributed by atoms with Gasteiger partial charge in [-0.15, -0.1) is 11.3 Å². The summed E-state index contributed by atoms with van der Waals surface area (Å²) in [6.07, 6.45) is 7.92. The number of thiophene rings is 1. The van der Waals surface area contributed by atoms with E-state index in [-0.39, 0.29) is 0 Å². The second kappa shape index (κ2) is 6.29. The van der Waals surface area contributed by atoms with E-state index in [1.807, 2.05) is 25.1 Å². The summed E-state index contributed by atoms with van der Waals surface area (Å²) >= 11 is 1.62. The number of hydrogen-bond donors (Lipinski definition) is 2. The average molecular weight is 351 g/mol. The summed E-state index contributed by atoms with van der Waals surface area (Å²) in [5, 5.41) is 14.7. The summed E-state index contributed by atoms with van der Waals surface area (Å²) in [6.45, 7) is 1.97. The fourth-order valence-electron chi connectivity index (χ4n) is 2.64. The number of hydrogen-bond acceptors (Lipinski definition) is 5. The van der Waals surface area contributed by atoms with Crippen LogP contribution in [0.3, 0.4) is 0 Å². The van der Waals surface area contributed by atoms with Gasteiger partial charge in [0.15, 0.2) is 0 Å². The molecule has 3 aromatic rings. The molecule has 1 fully saturated rings. The van der Waals surface area contributed by atoms with Crippen LogP contribution >= 0.6 is 11.3 Å². The molecule has 25 heavy (non-hydrogen) atoms. The zero-order valence-corrected chi connectivity index (χ0v) is 14.5. The number of rotatable bonds is 5. The van der Waals surface area contributed by atoms with E-state index in [4.69, 9.17) is 5.11 Å². The first-order valence-corrected chi connectivity index (χ1v) is 9.00. The lowest BCUT2D eigenvalue weighted by molar-refractivity contribution is 0.0697. The number of fused-ring (bicyclic) bond motifs is 1. The molecule has 2 aromatic heterocycles. The van der Waals surface area contributed by atoms with Gasteiger partial charge in [0.2, 0.25) is 0 Å². The van der Waals surface area contributed by atoms with E-state index >= 15 is 0 Å². The van der Waals surface area contributed by atoms with Crippen molar-refractivity contribution >= 4 is 45.5 Å². The predicted octanol–water partition coefficient (Wildman–Crippen LogP) is 4.44. The highest BCUT2D eigenvalue weighted by Crippen LogP contribution is 2.33. The van der Waals surface area contributed by atoms with Gasteiger partial charge < -0.3 is 10.4 Å². The van der Waals surface area contributed by atoms with Crippen molar-refractivity contribution < 1.29 is 9.90 Å². The van der Waals surface area contributed by atoms with Crippen molar-refractivity contribution in [1.82, 2.24) is 9.97 Å². The molecule has 1 aliphatic carbocycles. The number of aromatic nitrogens is 2. The van der Waals surface area contributed by atoms with Gasteiger partial charge in [0, 0.05) is 17.0 Å². The Morgan fingerprint density at radius 2 is 2.08 bits per heavy atom. The van der Waals surface area contributed by atoms with Crippen LogP contribution < -0.4 is 5.32 Å². The van der Waals surface area contributed by atoms with Gasteiger partial charge in [-0.25, -0.2) is 14.8 Å². The lowest BCUT2D eigenvalue weighted by Gasteiger charge is -2.04. The molecule has 126 valence electrons. The van der Waals surface area contributed by atoms with Crippen LogP contribution in [0.15, 0.2) is 29.9 Å². The highest BCUT2D eigenvalue weighted by atomic mass is 32.1. The number of nitrogens with one attached hydrogen (secondary N) is 1. The van der Waals surface area contributed by atoms with Crippen LogP contribution in [0.5, 0.6) is 0 Å². The van der Waals surface area contributed by atoms with Crippen LogP contribution in [0, 0.1) is 6.92 Å². The molecule has 2 heterocycles. The third-order valence-corrected chi connectivity index (χ3v) is 5.26. The lowest BCUT2D eigenvalue weighted by Crippen LogP contribution is -2.03. The maximum atomic E-state index is 11.2. The Morgan fingerprint density at radius 3 is 2.84 bits per heavy atom. The molecule has 0 aliphatic heterocycles. The van der Waals surface area contributed by atoms with Gasteiger partial charge in [-0.3, -0.25) is 0 Å². The molecule has 1 saturated carbocycles. The van der Waals surface area contributed by atoms with Crippen molar-refractivity contribution in [1.29, 1.82) is 0 Å². The fourth-order valence-corrected chi connectivity index (χ4v) is 3.58. The topological polar surface area (TPSA) is 75.1 Å². The van der Waals surface area contributed by atoms with Gasteiger partial charge in [-0.1, -0.05) is 18.2 Å². The maximum Gasteiger partial charge on any atom is 0.335 e. The van der Waals surface area contributed by atoms with E-state index in [0.29, 0.717) is 11.6 Å². The summed E-state index contributed by atoms with van der Waals surface area (Å²) in [5.41, 5.74) is 4.16. The largest absolute Gasteiger partial charge is 0.478 e. The Hall–Kier alpha value is -2.73. The van der Waals surface area contributed by atoms with Gasteiger partial charge in [-0.05, 0) is 43.0 Å². The third-order valence-electron chi connectivity index (χ3n) is 4.27. The highest BCUT2D eigenvalue weighted by molar-refractivity contribution is 7.18. The molecule has 0 bridgehead atoms. The summed E-state index contributed by atoms with van der Waals surface area (Å²) in [5.74, 6) is -0.0135. The number of nitrogens with zero attached hydrogens (tertiary/aromatic N) is 2. The molecule has 0 amide bonds. The Kier molecular flexibility index (Phi) is 3.97. The van der Waals surface area contributed by atoms with Gasteiger partial charge in [0.05, 0.1) is 15.8 Å². The molecule has 6 heteroatoms. The predicted molar refractivity (Wildman–Crippen MR) is 101 cm³/mol. The number of carbonyl (C=O) groups is 1. The third kappa shape index (κ3) is 3.25. The van der Waals surface area contributed by atoms with Crippen molar-refractivity contribution in [3.05, 3.63) is 52.2 Å². The summed E-state index contributed by atoms with van der Waals surface area (Å²) in [6, 6.07) is 5.69. The quantitative estimate of drug-likeness (QED) is 0.711. The molecule has 0 unspecified atom stereocenters. The molecular weight excluding hydrogens is 334 g/mol. The average Bonchev–Trinajstić information content (AvgIpc) is 3.31. The van der Waals surface area contributed by atoms with E-state index in [0.717, 1.165) is 32.7 Å². The zero-order valence-electron chi connectivity index (χ0n) is 13.7. The number of anilines is 1. The molecule has 1 aliphatic rings. The van der Waals surface area contributed by atoms with Crippen molar-refractivity contribution in [2.75, 3.05) is 5.32 Å². The van der Waals surface area contributed by atoms with Gasteiger partial charge in [0.25, 0.3) is 0 Å². The Bertz CT molecular complexity index is 989. The molecule has 0 atom stereocenters. The van der Waals surface area contributed by atoms with Crippen molar-refractivity contribution in [3.8, 4) is 0 Å². The van der Waals surface area contributed by atoms with E-state index in [2.05, 4.69) is 20.7 Å². The van der Waals surface area contributed by atoms with Crippen LogP contribution in [0.4, 0.5) is 5.82 Å². The second-order valence-corrected chi connectivity index (χ2v) is 7.10. The van der Waals surface area contributed by atoms with E-state index in [9.17, 15) is 4.79 Å². The highest BCUT2D eigenvalue weighted by Gasteiger charge is 2.22. The minimum absolute atomic E-state index is 0.290. The monoisotopic (exact) mass is 351 g/mol. The van der Waals surface area contributed by atoms with Crippen LogP contribution in [0.2, 0.25) is 0 Å². The number of benzene rings is 1. The van der Waals surface area contributed by atoms with E-state index in [1.165, 1.54) is 12.8 Å². The fraction of sp³-hybridized carbons (Fsp3) is 0.211. The lowest BCUT2D eigenvalue weighted by atomic mass is 10.0. The molecule has 0 saturated heterocycles. The van der Waals surface area contributed by atoms with Crippen molar-refractivity contribution in [2.24, 2.45) is 0 Å². The number of carboxylic acids is 1. The van der Waals surface area contributed by atoms with Crippen LogP contribution in [0.1, 0.15) is 39.9 Å². The van der Waals surface area contributed by atoms with Crippen molar-refractivity contribution in [3.63, 3.8) is 0 Å². The first-order chi connectivity index (χ1) is 12.1. The Labute approximate surface area is 149 Å². The first-order valence-electron chi connectivity index (χ1n) is 8.12. The van der Waals surface area contributed by atoms with Crippen LogP contribution in [-0.2, 0) is 0 Å². The van der Waals surface area contributed by atoms with Crippen LogP contribution in [0.25, 0.3) is 22.4 Å². The maximum absolute atomic E-state index is 11.2. The van der Waals surface area contributed by atoms with Crippen LogP contribution in [-0.4, -0.2) is 27.1 Å². The van der Waals surface area contributed by atoms with Gasteiger partial charge in [-0.2, -0.15) is 0 Å². The molecule has 0 spiro atoms. The van der Waals surface area contributed by atoms with Gasteiger partial charge in [0.1, 0.15) is 12.1 Å². The summed E-state index contributed by atoms with van der Waals surface area (Å²) in [4.78, 5) is 19.9. The Morgan fingerprint density at radius 1 is 1.28 bits per heavy atom. The zero-order chi connectivity index (χ0) is 17.4. The summed E-state index contributed by atoms with van der Waals surface area (Å²) < 4.78 is 1.06. The van der Waals surface area contributed by atoms with Gasteiger partial charge >= 0.3 is 5.97 Å². The molecule has 2 N–H and O–H groups in total. The number of aromatic carboxylic acids is 1. The standard InChI is InChI=1S/C19H17N3O2S/c1-11-2-3-13(19(23)24)8-12(11)4-5-14-9-25-17-16(14)20-10-21-18(17)22-15-6-7-15/h2-5,8-10,15H,6-7H2,1H3,(H,23,24)(H,20,21,22). The molecule has 0 radical (unpaired) electrons. The molecule has 4 rings (SSSR count). The first kappa shape index (κ1) is 15.8. The normalized spacial score (nSPS) is 14.3. The SMILES string of the molecule is Cc1ccc(C(=O)O)cc1C=Cc1csc2c(NC3CC3)ncnc12. The Balaban J connectivity index is 1.68. The second-order valence-electron chi connectivity index (χ2n) is 6.22. The molecule has 1 aromatic carbocycles.